The number of halogens is 3. The number of hydrogen-bond acceptors (Lipinski definition) is 0. The topological polar surface area (TPSA) is 0 Å². The van der Waals surface area contributed by atoms with E-state index >= 15 is 0 Å². The van der Waals surface area contributed by atoms with Gasteiger partial charge in [0.15, 0.2) is 0 Å². The molecule has 0 amide bonds. The van der Waals surface area contributed by atoms with Gasteiger partial charge >= 0.3 is 198 Å². The molecule has 2 aromatic carbocycles. The molecule has 2 aliphatic rings. The standard InChI is InChI=1S/C16H10F3.C9H13.C2H6Si.Zr/c17-16(18,19)13-8-5-12(6-9-13)15-10-7-11-3-1-2-4-14(11)15;1-6-5-7(2)9(4)8(6)3;1-3-2;/h1-10H;6H,1-4H3;1-2H3;. The summed E-state index contributed by atoms with van der Waals surface area (Å²) < 4.78 is 41.5. The summed E-state index contributed by atoms with van der Waals surface area (Å²) in [6, 6.07) is 14.3. The zero-order valence-electron chi connectivity index (χ0n) is 19.5. The van der Waals surface area contributed by atoms with Crippen LogP contribution in [-0.2, 0) is 26.5 Å². The molecule has 0 saturated carbocycles. The second kappa shape index (κ2) is 8.72. The summed E-state index contributed by atoms with van der Waals surface area (Å²) in [7, 11) is 0. The molecule has 0 N–H and O–H groups in total. The van der Waals surface area contributed by atoms with Gasteiger partial charge in [0.2, 0.25) is 0 Å². The molecular weight excluding hydrogens is 501 g/mol. The van der Waals surface area contributed by atoms with Crippen LogP contribution in [0.15, 0.2) is 74.6 Å². The molecule has 32 heavy (non-hydrogen) atoms. The fourth-order valence-corrected chi connectivity index (χ4v) is 24.9. The van der Waals surface area contributed by atoms with Crippen molar-refractivity contribution in [2.45, 2.75) is 50.6 Å². The van der Waals surface area contributed by atoms with Gasteiger partial charge in [-0.15, -0.1) is 0 Å². The predicted octanol–water partition coefficient (Wildman–Crippen LogP) is 8.32. The Morgan fingerprint density at radius 3 is 2.03 bits per heavy atom. The number of rotatable bonds is 3. The molecule has 0 radical (unpaired) electrons. The molecule has 0 aliphatic heterocycles. The van der Waals surface area contributed by atoms with E-state index in [-0.39, 0.29) is 0 Å². The van der Waals surface area contributed by atoms with Crippen LogP contribution in [-0.4, -0.2) is 5.43 Å². The van der Waals surface area contributed by atoms with E-state index in [4.69, 9.17) is 0 Å². The maximum absolute atomic E-state index is 13.1. The molecule has 0 saturated heterocycles. The predicted molar refractivity (Wildman–Crippen MR) is 125 cm³/mol. The van der Waals surface area contributed by atoms with Gasteiger partial charge in [-0.3, -0.25) is 0 Å². The maximum atomic E-state index is 13.1. The molecule has 2 atom stereocenters. The average molecular weight is 530 g/mol. The molecule has 5 heteroatoms. The molecule has 0 aromatic heterocycles. The Kier molecular flexibility index (Phi) is 6.46. The van der Waals surface area contributed by atoms with E-state index in [1.165, 1.54) is 40.0 Å². The van der Waals surface area contributed by atoms with Gasteiger partial charge in [0.05, 0.1) is 0 Å². The first-order valence-electron chi connectivity index (χ1n) is 11.1. The number of fused-ring (bicyclic) bond motifs is 1. The molecule has 0 spiro atoms. The van der Waals surface area contributed by atoms with Crippen molar-refractivity contribution in [1.29, 1.82) is 0 Å². The summed E-state index contributed by atoms with van der Waals surface area (Å²) in [6.07, 6.45) is -1.90. The Morgan fingerprint density at radius 1 is 0.875 bits per heavy atom. The van der Waals surface area contributed by atoms with Crippen LogP contribution in [0.3, 0.4) is 0 Å². The van der Waals surface area contributed by atoms with Gasteiger partial charge in [-0.25, -0.2) is 0 Å². The third-order valence-electron chi connectivity index (χ3n) is 7.22. The first kappa shape index (κ1) is 23.7. The van der Waals surface area contributed by atoms with Gasteiger partial charge in [0.1, 0.15) is 0 Å². The summed E-state index contributed by atoms with van der Waals surface area (Å²) in [5.41, 5.74) is 7.97. The monoisotopic (exact) mass is 528 g/mol. The Labute approximate surface area is 197 Å². The Morgan fingerprint density at radius 2 is 1.50 bits per heavy atom. The second-order valence-electron chi connectivity index (χ2n) is 9.20. The van der Waals surface area contributed by atoms with Crippen LogP contribution in [0.4, 0.5) is 13.2 Å². The minimum atomic E-state index is -4.31. The van der Waals surface area contributed by atoms with Crippen molar-refractivity contribution in [2.75, 3.05) is 0 Å². The first-order valence-corrected chi connectivity index (χ1v) is 19.9. The molecule has 0 bridgehead atoms. The number of alkyl halides is 3. The zero-order valence-corrected chi connectivity index (χ0v) is 22.9. The van der Waals surface area contributed by atoms with Crippen molar-refractivity contribution >= 4 is 11.0 Å². The Balaban J connectivity index is 1.85. The molecule has 166 valence electrons. The molecule has 0 fully saturated rings. The summed E-state index contributed by atoms with van der Waals surface area (Å²) in [5, 5.41) is 0. The quantitative estimate of drug-likeness (QED) is 0.351. The molecular formula is C27H29F3SiZr. The molecule has 2 unspecified atom stereocenters. The van der Waals surface area contributed by atoms with Crippen molar-refractivity contribution in [3.63, 3.8) is 0 Å². The van der Waals surface area contributed by atoms with Gasteiger partial charge in [-0.05, 0) is 0 Å². The number of allylic oxidation sites excluding steroid dienone is 5. The van der Waals surface area contributed by atoms with E-state index in [9.17, 15) is 13.2 Å². The van der Waals surface area contributed by atoms with Crippen molar-refractivity contribution in [3.05, 3.63) is 96.9 Å². The van der Waals surface area contributed by atoms with Gasteiger partial charge in [0.25, 0.3) is 0 Å². The first-order chi connectivity index (χ1) is 15.0. The fourth-order valence-electron chi connectivity index (χ4n) is 5.24. The molecule has 0 nitrogen and oxygen atoms in total. The van der Waals surface area contributed by atoms with Crippen LogP contribution in [0, 0.1) is 5.92 Å². The average Bonchev–Trinajstić information content (AvgIpc) is 3.21. The van der Waals surface area contributed by atoms with Crippen LogP contribution in [0.2, 0.25) is 13.1 Å². The molecule has 0 heterocycles. The van der Waals surface area contributed by atoms with Crippen molar-refractivity contribution in [1.82, 2.24) is 0 Å². The van der Waals surface area contributed by atoms with Crippen LogP contribution in [0.5, 0.6) is 0 Å². The fraction of sp³-hybridized carbons (Fsp3) is 0.333. The van der Waals surface area contributed by atoms with Crippen molar-refractivity contribution in [3.8, 4) is 0 Å². The van der Waals surface area contributed by atoms with E-state index < -0.39 is 37.5 Å². The van der Waals surface area contributed by atoms with E-state index in [1.807, 2.05) is 6.07 Å². The normalized spacial score (nSPS) is 20.6. The third kappa shape index (κ3) is 4.01. The van der Waals surface area contributed by atoms with E-state index in [0.29, 0.717) is 9.54 Å². The van der Waals surface area contributed by atoms with Gasteiger partial charge in [0, 0.05) is 0 Å². The van der Waals surface area contributed by atoms with E-state index in [0.717, 1.165) is 11.1 Å². The van der Waals surface area contributed by atoms with Crippen molar-refractivity contribution in [2.24, 2.45) is 5.92 Å². The summed E-state index contributed by atoms with van der Waals surface area (Å²) in [4.78, 5) is 0. The third-order valence-corrected chi connectivity index (χ3v) is 25.8. The number of hydrogen-bond donors (Lipinski definition) is 0. The molecule has 2 aliphatic carbocycles. The minimum absolute atomic E-state index is 0.445. The Hall–Kier alpha value is -1.45. The van der Waals surface area contributed by atoms with Crippen molar-refractivity contribution < 1.29 is 33.5 Å². The molecule has 2 aromatic rings. The number of benzene rings is 2. The SMILES string of the molecule is CC1=C(C)C(C)[C]([Zr]([CH]2C=C(c3ccc(C(F)(F)F)cc3)c3ccccc32)=[Si](C)C)=C1C. The zero-order chi connectivity index (χ0) is 23.4. The van der Waals surface area contributed by atoms with E-state index in [1.54, 1.807) is 15.4 Å². The van der Waals surface area contributed by atoms with Crippen LogP contribution < -0.4 is 0 Å². The van der Waals surface area contributed by atoms with E-state index in [2.05, 4.69) is 65.1 Å². The van der Waals surface area contributed by atoms with Gasteiger partial charge < -0.3 is 0 Å². The summed E-state index contributed by atoms with van der Waals surface area (Å²) >= 11 is -2.11. The van der Waals surface area contributed by atoms with Crippen LogP contribution in [0.25, 0.3) is 5.57 Å². The summed E-state index contributed by atoms with van der Waals surface area (Å²) in [5.74, 6) is 0.528. The Bertz CT molecular complexity index is 1210. The molecule has 4 rings (SSSR count). The van der Waals surface area contributed by atoms with Crippen LogP contribution in [0.1, 0.15) is 53.6 Å². The summed E-state index contributed by atoms with van der Waals surface area (Å²) in [6.45, 7) is 14.2. The van der Waals surface area contributed by atoms with Gasteiger partial charge in [-0.2, -0.15) is 0 Å². The second-order valence-corrected chi connectivity index (χ2v) is 26.7. The van der Waals surface area contributed by atoms with Crippen LogP contribution >= 0.6 is 0 Å². The van der Waals surface area contributed by atoms with Gasteiger partial charge in [-0.1, -0.05) is 0 Å².